The van der Waals surface area contributed by atoms with Gasteiger partial charge in [-0.2, -0.15) is 0 Å². The maximum Gasteiger partial charge on any atom is 0.347 e. The van der Waals surface area contributed by atoms with E-state index < -0.39 is 5.63 Å². The van der Waals surface area contributed by atoms with Gasteiger partial charge in [0.1, 0.15) is 11.1 Å². The molecule has 0 spiro atoms. The summed E-state index contributed by atoms with van der Waals surface area (Å²) in [5.74, 6) is 0.0430. The Balaban J connectivity index is 1.54. The van der Waals surface area contributed by atoms with E-state index in [1.165, 1.54) is 5.56 Å². The lowest BCUT2D eigenvalue weighted by Gasteiger charge is -2.45. The summed E-state index contributed by atoms with van der Waals surface area (Å²) in [6, 6.07) is 23.0. The average molecular weight is 438 g/mol. The van der Waals surface area contributed by atoms with Crippen LogP contribution in [0.4, 0.5) is 5.69 Å². The first kappa shape index (κ1) is 21.2. The van der Waals surface area contributed by atoms with Crippen molar-refractivity contribution in [2.75, 3.05) is 11.9 Å². The van der Waals surface area contributed by atoms with E-state index in [2.05, 4.69) is 38.8 Å². The third-order valence-electron chi connectivity index (χ3n) is 6.99. The van der Waals surface area contributed by atoms with E-state index in [-0.39, 0.29) is 16.9 Å². The van der Waals surface area contributed by atoms with Gasteiger partial charge in [0, 0.05) is 35.3 Å². The lowest BCUT2D eigenvalue weighted by atomic mass is 9.80. The van der Waals surface area contributed by atoms with Gasteiger partial charge in [-0.05, 0) is 55.0 Å². The van der Waals surface area contributed by atoms with Gasteiger partial charge >= 0.3 is 5.63 Å². The zero-order chi connectivity index (χ0) is 23.3. The highest BCUT2D eigenvalue weighted by atomic mass is 16.4. The SMILES string of the molecule is C[C@H]1CC(C)(C)N(C)c2cc3oc(=O)c(C(=O)c4ccc(-c5ccccc5)cc4)cc3cc21. The molecular formula is C29H27NO3. The molecule has 1 aromatic heterocycles. The molecule has 0 unspecified atom stereocenters. The van der Waals surface area contributed by atoms with Gasteiger partial charge in [0.05, 0.1) is 0 Å². The van der Waals surface area contributed by atoms with E-state index in [1.54, 1.807) is 18.2 Å². The summed E-state index contributed by atoms with van der Waals surface area (Å²) in [6.45, 7) is 6.66. The molecule has 0 saturated carbocycles. The Labute approximate surface area is 193 Å². The van der Waals surface area contributed by atoms with Gasteiger partial charge in [0.25, 0.3) is 0 Å². The van der Waals surface area contributed by atoms with E-state index in [0.29, 0.717) is 17.1 Å². The number of fused-ring (bicyclic) bond motifs is 2. The van der Waals surface area contributed by atoms with E-state index in [0.717, 1.165) is 28.6 Å². The van der Waals surface area contributed by atoms with Crippen molar-refractivity contribution < 1.29 is 9.21 Å². The van der Waals surface area contributed by atoms with Crippen molar-refractivity contribution in [1.29, 1.82) is 0 Å². The highest BCUT2D eigenvalue weighted by Gasteiger charge is 2.34. The van der Waals surface area contributed by atoms with Crippen molar-refractivity contribution in [3.05, 3.63) is 99.9 Å². The zero-order valence-electron chi connectivity index (χ0n) is 19.4. The Bertz CT molecular complexity index is 1420. The third kappa shape index (κ3) is 3.66. The van der Waals surface area contributed by atoms with Crippen LogP contribution in [0.25, 0.3) is 22.1 Å². The van der Waals surface area contributed by atoms with Crippen molar-refractivity contribution in [3.63, 3.8) is 0 Å². The molecule has 0 fully saturated rings. The molecule has 3 aromatic carbocycles. The molecule has 4 aromatic rings. The van der Waals surface area contributed by atoms with E-state index in [9.17, 15) is 9.59 Å². The molecular weight excluding hydrogens is 410 g/mol. The monoisotopic (exact) mass is 437 g/mol. The molecule has 0 aliphatic carbocycles. The molecule has 166 valence electrons. The fourth-order valence-electron chi connectivity index (χ4n) is 4.94. The quantitative estimate of drug-likeness (QED) is 0.274. The van der Waals surface area contributed by atoms with E-state index >= 15 is 0 Å². The van der Waals surface area contributed by atoms with Crippen LogP contribution in [0.2, 0.25) is 0 Å². The van der Waals surface area contributed by atoms with Gasteiger partial charge in [0.2, 0.25) is 0 Å². The predicted octanol–water partition coefficient (Wildman–Crippen LogP) is 6.41. The molecule has 5 rings (SSSR count). The minimum absolute atomic E-state index is 0.0161. The first-order valence-electron chi connectivity index (χ1n) is 11.3. The Hall–Kier alpha value is -3.66. The predicted molar refractivity (Wildman–Crippen MR) is 133 cm³/mol. The molecule has 4 nitrogen and oxygen atoms in total. The summed E-state index contributed by atoms with van der Waals surface area (Å²) in [4.78, 5) is 28.2. The highest BCUT2D eigenvalue weighted by Crippen LogP contribution is 2.43. The maximum atomic E-state index is 13.2. The first-order chi connectivity index (χ1) is 15.7. The standard InChI is InChI=1S/C29H27NO3/c1-18-17-29(2,3)30(4)25-16-26-22(14-23(18)25)15-24(28(32)33-26)27(31)21-12-10-20(11-13-21)19-8-6-5-7-9-19/h5-16,18H,17H2,1-4H3/t18-/m0/s1. The second-order valence-corrected chi connectivity index (χ2v) is 9.65. The van der Waals surface area contributed by atoms with Crippen LogP contribution >= 0.6 is 0 Å². The van der Waals surface area contributed by atoms with Gasteiger partial charge in [0.15, 0.2) is 5.78 Å². The Morgan fingerprint density at radius 3 is 2.33 bits per heavy atom. The number of hydrogen-bond donors (Lipinski definition) is 0. The minimum atomic E-state index is -0.606. The van der Waals surface area contributed by atoms with Crippen LogP contribution in [0.15, 0.2) is 82.0 Å². The lowest BCUT2D eigenvalue weighted by Crippen LogP contribution is -2.45. The molecule has 1 aliphatic heterocycles. The second kappa shape index (κ2) is 7.73. The third-order valence-corrected chi connectivity index (χ3v) is 6.99. The molecule has 0 bridgehead atoms. The van der Waals surface area contributed by atoms with E-state index in [1.807, 2.05) is 48.5 Å². The normalized spacial score (nSPS) is 17.1. The smallest absolute Gasteiger partial charge is 0.347 e. The number of carbonyl (C=O) groups is 1. The van der Waals surface area contributed by atoms with Gasteiger partial charge in [-0.25, -0.2) is 4.79 Å². The van der Waals surface area contributed by atoms with Crippen LogP contribution in [0.1, 0.15) is 54.6 Å². The summed E-state index contributed by atoms with van der Waals surface area (Å²) in [5, 5.41) is 0.776. The highest BCUT2D eigenvalue weighted by molar-refractivity contribution is 6.10. The minimum Gasteiger partial charge on any atom is -0.422 e. The first-order valence-corrected chi connectivity index (χ1v) is 11.3. The van der Waals surface area contributed by atoms with Gasteiger partial charge < -0.3 is 9.32 Å². The van der Waals surface area contributed by atoms with Crippen molar-refractivity contribution in [3.8, 4) is 11.1 Å². The van der Waals surface area contributed by atoms with Crippen LogP contribution in [-0.2, 0) is 0 Å². The summed E-state index contributed by atoms with van der Waals surface area (Å²) in [7, 11) is 2.08. The number of anilines is 1. The van der Waals surface area contributed by atoms with Crippen LogP contribution < -0.4 is 10.5 Å². The average Bonchev–Trinajstić information content (AvgIpc) is 2.81. The summed E-state index contributed by atoms with van der Waals surface area (Å²) >= 11 is 0. The van der Waals surface area contributed by atoms with Gasteiger partial charge in [-0.15, -0.1) is 0 Å². The van der Waals surface area contributed by atoms with Crippen LogP contribution in [0.3, 0.4) is 0 Å². The maximum absolute atomic E-state index is 13.2. The van der Waals surface area contributed by atoms with Crippen LogP contribution in [-0.4, -0.2) is 18.4 Å². The largest absolute Gasteiger partial charge is 0.422 e. The number of rotatable bonds is 3. The van der Waals surface area contributed by atoms with Crippen molar-refractivity contribution in [1.82, 2.24) is 0 Å². The lowest BCUT2D eigenvalue weighted by molar-refractivity contribution is 0.103. The summed E-state index contributed by atoms with van der Waals surface area (Å²) in [5.41, 5.74) is 4.83. The number of ketones is 1. The van der Waals surface area contributed by atoms with Crippen LogP contribution in [0, 0.1) is 0 Å². The van der Waals surface area contributed by atoms with Gasteiger partial charge in [-0.3, -0.25) is 4.79 Å². The Morgan fingerprint density at radius 1 is 0.970 bits per heavy atom. The zero-order valence-corrected chi connectivity index (χ0v) is 19.4. The molecule has 0 amide bonds. The van der Waals surface area contributed by atoms with Crippen molar-refractivity contribution >= 4 is 22.4 Å². The van der Waals surface area contributed by atoms with Gasteiger partial charge in [-0.1, -0.05) is 61.5 Å². The molecule has 2 heterocycles. The fourth-order valence-corrected chi connectivity index (χ4v) is 4.94. The number of carbonyl (C=O) groups excluding carboxylic acids is 1. The fraction of sp³-hybridized carbons (Fsp3) is 0.241. The van der Waals surface area contributed by atoms with E-state index in [4.69, 9.17) is 4.42 Å². The molecule has 1 aliphatic rings. The van der Waals surface area contributed by atoms with Crippen LogP contribution in [0.5, 0.6) is 0 Å². The molecule has 1 atom stereocenters. The summed E-state index contributed by atoms with van der Waals surface area (Å²) in [6.07, 6.45) is 1.03. The van der Waals surface area contributed by atoms with Crippen molar-refractivity contribution in [2.24, 2.45) is 0 Å². The second-order valence-electron chi connectivity index (χ2n) is 9.65. The summed E-state index contributed by atoms with van der Waals surface area (Å²) < 4.78 is 5.64. The number of benzene rings is 3. The molecule has 0 saturated heterocycles. The number of hydrogen-bond acceptors (Lipinski definition) is 4. The number of nitrogens with zero attached hydrogens (tertiary/aromatic N) is 1. The Morgan fingerprint density at radius 2 is 1.64 bits per heavy atom. The molecule has 33 heavy (non-hydrogen) atoms. The Kier molecular flexibility index (Phi) is 4.97. The topological polar surface area (TPSA) is 50.5 Å². The molecule has 0 radical (unpaired) electrons. The van der Waals surface area contributed by atoms with Crippen molar-refractivity contribution in [2.45, 2.75) is 38.6 Å². The molecule has 4 heteroatoms. The molecule has 0 N–H and O–H groups in total.